The number of rotatable bonds is 2. The van der Waals surface area contributed by atoms with Gasteiger partial charge < -0.3 is 9.47 Å². The number of hydrogen-bond acceptors (Lipinski definition) is 4. The van der Waals surface area contributed by atoms with Gasteiger partial charge in [0.1, 0.15) is 12.2 Å². The number of carbonyl (C=O) groups is 1. The Balaban J connectivity index is 1.54. The maximum Gasteiger partial charge on any atom is 0.255 e. The summed E-state index contributed by atoms with van der Waals surface area (Å²) in [7, 11) is 1.98. The van der Waals surface area contributed by atoms with Crippen LogP contribution in [0.2, 0.25) is 0 Å². The van der Waals surface area contributed by atoms with Gasteiger partial charge in [-0.15, -0.1) is 21.5 Å². The van der Waals surface area contributed by atoms with Crippen molar-refractivity contribution < 1.29 is 4.79 Å². The molecule has 2 aliphatic rings. The second-order valence-corrected chi connectivity index (χ2v) is 7.61. The summed E-state index contributed by atoms with van der Waals surface area (Å²) in [5.74, 6) is 1.51. The van der Waals surface area contributed by atoms with E-state index in [9.17, 15) is 4.79 Å². The summed E-state index contributed by atoms with van der Waals surface area (Å²) in [5.41, 5.74) is 2.29. The lowest BCUT2D eigenvalue weighted by molar-refractivity contribution is 0.0702. The fraction of sp³-hybridized carbons (Fsp3) is 0.588. The summed E-state index contributed by atoms with van der Waals surface area (Å²) >= 11 is 1.77. The van der Waals surface area contributed by atoms with Crippen LogP contribution in [0.25, 0.3) is 0 Å². The Bertz CT molecular complexity index is 720. The Labute approximate surface area is 140 Å². The molecule has 0 spiro atoms. The summed E-state index contributed by atoms with van der Waals surface area (Å²) in [6, 6.07) is 0. The molecule has 4 rings (SSSR count). The average Bonchev–Trinajstić information content (AvgIpc) is 3.20. The molecule has 0 aromatic carbocycles. The lowest BCUT2D eigenvalue weighted by Gasteiger charge is -2.32. The van der Waals surface area contributed by atoms with Crippen molar-refractivity contribution in [1.82, 2.24) is 19.7 Å². The molecule has 1 unspecified atom stereocenters. The zero-order chi connectivity index (χ0) is 15.8. The number of thiophene rings is 1. The van der Waals surface area contributed by atoms with Gasteiger partial charge in [0.2, 0.25) is 0 Å². The number of hydrogen-bond donors (Lipinski definition) is 0. The number of aryl methyl sites for hydroxylation is 2. The van der Waals surface area contributed by atoms with Crippen LogP contribution < -0.4 is 0 Å². The standard InChI is InChI=1S/C17H22N4OS/c1-20-11-18-19-16(20)12-5-4-8-21(9-12)17(22)14-10-23-15-7-3-2-6-13(14)15/h10-12H,2-9H2,1H3. The van der Waals surface area contributed by atoms with Gasteiger partial charge in [-0.2, -0.15) is 0 Å². The number of nitrogens with zero attached hydrogens (tertiary/aromatic N) is 4. The zero-order valence-corrected chi connectivity index (χ0v) is 14.3. The number of carbonyl (C=O) groups excluding carboxylic acids is 1. The van der Waals surface area contributed by atoms with Crippen LogP contribution in [0.5, 0.6) is 0 Å². The van der Waals surface area contributed by atoms with Crippen molar-refractivity contribution >= 4 is 17.2 Å². The first-order valence-electron chi connectivity index (χ1n) is 8.46. The lowest BCUT2D eigenvalue weighted by Crippen LogP contribution is -2.40. The first kappa shape index (κ1) is 14.9. The molecule has 2 aromatic heterocycles. The molecule has 0 radical (unpaired) electrons. The van der Waals surface area contributed by atoms with E-state index in [2.05, 4.69) is 15.6 Å². The maximum atomic E-state index is 13.0. The molecule has 6 heteroatoms. The van der Waals surface area contributed by atoms with Crippen molar-refractivity contribution in [1.29, 1.82) is 0 Å². The van der Waals surface area contributed by atoms with E-state index in [0.29, 0.717) is 5.92 Å². The fourth-order valence-corrected chi connectivity index (χ4v) is 5.00. The average molecular weight is 330 g/mol. The zero-order valence-electron chi connectivity index (χ0n) is 13.5. The molecular weight excluding hydrogens is 308 g/mol. The molecule has 0 saturated carbocycles. The molecule has 23 heavy (non-hydrogen) atoms. The summed E-state index contributed by atoms with van der Waals surface area (Å²) in [5, 5.41) is 10.3. The van der Waals surface area contributed by atoms with Crippen LogP contribution in [-0.4, -0.2) is 38.7 Å². The molecule has 2 aromatic rings. The predicted molar refractivity (Wildman–Crippen MR) is 89.8 cm³/mol. The van der Waals surface area contributed by atoms with Gasteiger partial charge in [0.25, 0.3) is 5.91 Å². The van der Waals surface area contributed by atoms with Crippen molar-refractivity contribution in [2.24, 2.45) is 7.05 Å². The summed E-state index contributed by atoms with van der Waals surface area (Å²) in [4.78, 5) is 16.5. The lowest BCUT2D eigenvalue weighted by atomic mass is 9.93. The molecule has 1 atom stereocenters. The first-order chi connectivity index (χ1) is 11.2. The van der Waals surface area contributed by atoms with E-state index in [1.165, 1.54) is 23.3 Å². The van der Waals surface area contributed by atoms with Gasteiger partial charge in [0.15, 0.2) is 0 Å². The van der Waals surface area contributed by atoms with Crippen molar-refractivity contribution in [3.8, 4) is 0 Å². The summed E-state index contributed by atoms with van der Waals surface area (Å²) in [6.07, 6.45) is 8.55. The Kier molecular flexibility index (Phi) is 3.93. The SMILES string of the molecule is Cn1cnnc1C1CCCN(C(=O)c2csc3c2CCCC3)C1. The first-order valence-corrected chi connectivity index (χ1v) is 9.34. The third-order valence-corrected chi connectivity index (χ3v) is 6.20. The minimum atomic E-state index is 0.219. The molecule has 3 heterocycles. The van der Waals surface area contributed by atoms with Crippen LogP contribution >= 0.6 is 11.3 Å². The summed E-state index contributed by atoms with van der Waals surface area (Å²) < 4.78 is 1.98. The van der Waals surface area contributed by atoms with E-state index in [1.54, 1.807) is 17.7 Å². The number of piperidine rings is 1. The molecular formula is C17H22N4OS. The van der Waals surface area contributed by atoms with Gasteiger partial charge in [-0.1, -0.05) is 0 Å². The second-order valence-electron chi connectivity index (χ2n) is 6.65. The highest BCUT2D eigenvalue weighted by molar-refractivity contribution is 7.10. The molecule has 0 bridgehead atoms. The van der Waals surface area contributed by atoms with Crippen LogP contribution in [0.15, 0.2) is 11.7 Å². The minimum absolute atomic E-state index is 0.219. The third-order valence-electron chi connectivity index (χ3n) is 5.11. The van der Waals surface area contributed by atoms with Gasteiger partial charge in [-0.05, 0) is 44.1 Å². The van der Waals surface area contributed by atoms with Gasteiger partial charge in [-0.25, -0.2) is 0 Å². The largest absolute Gasteiger partial charge is 0.338 e. The predicted octanol–water partition coefficient (Wildman–Crippen LogP) is 2.78. The van der Waals surface area contributed by atoms with Crippen molar-refractivity contribution in [2.45, 2.75) is 44.4 Å². The number of fused-ring (bicyclic) bond motifs is 1. The molecule has 1 fully saturated rings. The topological polar surface area (TPSA) is 51.0 Å². The second kappa shape index (κ2) is 6.07. The van der Waals surface area contributed by atoms with Gasteiger partial charge in [-0.3, -0.25) is 4.79 Å². The normalized spacial score (nSPS) is 21.3. The molecule has 0 N–H and O–H groups in total. The molecule has 1 saturated heterocycles. The van der Waals surface area contributed by atoms with Crippen LogP contribution in [-0.2, 0) is 19.9 Å². The number of aromatic nitrogens is 3. The van der Waals surface area contributed by atoms with Gasteiger partial charge >= 0.3 is 0 Å². The Morgan fingerprint density at radius 1 is 1.30 bits per heavy atom. The van der Waals surface area contributed by atoms with Crippen LogP contribution in [0, 0.1) is 0 Å². The van der Waals surface area contributed by atoms with E-state index in [0.717, 1.165) is 50.2 Å². The van der Waals surface area contributed by atoms with E-state index in [1.807, 2.05) is 16.5 Å². The van der Waals surface area contributed by atoms with Crippen LogP contribution in [0.4, 0.5) is 0 Å². The minimum Gasteiger partial charge on any atom is -0.338 e. The van der Waals surface area contributed by atoms with Gasteiger partial charge in [0, 0.05) is 36.3 Å². The highest BCUT2D eigenvalue weighted by atomic mass is 32.1. The Hall–Kier alpha value is -1.69. The smallest absolute Gasteiger partial charge is 0.255 e. The monoisotopic (exact) mass is 330 g/mol. The number of amides is 1. The van der Waals surface area contributed by atoms with Crippen molar-refractivity contribution in [3.63, 3.8) is 0 Å². The van der Waals surface area contributed by atoms with E-state index in [4.69, 9.17) is 0 Å². The van der Waals surface area contributed by atoms with Crippen molar-refractivity contribution in [3.05, 3.63) is 33.5 Å². The third kappa shape index (κ3) is 2.69. The Morgan fingerprint density at radius 2 is 2.17 bits per heavy atom. The molecule has 1 aliphatic carbocycles. The number of likely N-dealkylation sites (tertiary alicyclic amines) is 1. The molecule has 5 nitrogen and oxygen atoms in total. The summed E-state index contributed by atoms with van der Waals surface area (Å²) in [6.45, 7) is 1.62. The van der Waals surface area contributed by atoms with Gasteiger partial charge in [0.05, 0.1) is 5.56 Å². The molecule has 1 aliphatic heterocycles. The highest BCUT2D eigenvalue weighted by Crippen LogP contribution is 2.32. The quantitative estimate of drug-likeness (QED) is 0.851. The van der Waals surface area contributed by atoms with E-state index >= 15 is 0 Å². The highest BCUT2D eigenvalue weighted by Gasteiger charge is 2.30. The van der Waals surface area contributed by atoms with E-state index in [-0.39, 0.29) is 5.91 Å². The maximum absolute atomic E-state index is 13.0. The van der Waals surface area contributed by atoms with E-state index < -0.39 is 0 Å². The Morgan fingerprint density at radius 3 is 3.00 bits per heavy atom. The molecule has 122 valence electrons. The molecule has 1 amide bonds. The van der Waals surface area contributed by atoms with Crippen LogP contribution in [0.3, 0.4) is 0 Å². The van der Waals surface area contributed by atoms with Crippen LogP contribution in [0.1, 0.15) is 58.2 Å². The van der Waals surface area contributed by atoms with Crippen molar-refractivity contribution in [2.75, 3.05) is 13.1 Å². The fourth-order valence-electron chi connectivity index (χ4n) is 3.88.